The lowest BCUT2D eigenvalue weighted by molar-refractivity contribution is -0.0227. The van der Waals surface area contributed by atoms with Gasteiger partial charge in [-0.25, -0.2) is 0 Å². The van der Waals surface area contributed by atoms with Gasteiger partial charge in [0.15, 0.2) is 6.10 Å². The fourth-order valence-corrected chi connectivity index (χ4v) is 3.60. The number of hydrogen-bond donors (Lipinski definition) is 0. The van der Waals surface area contributed by atoms with E-state index < -0.39 is 0 Å². The van der Waals surface area contributed by atoms with Gasteiger partial charge >= 0.3 is 5.71 Å². The van der Waals surface area contributed by atoms with Crippen LogP contribution < -0.4 is 0 Å². The van der Waals surface area contributed by atoms with Gasteiger partial charge < -0.3 is 10.3 Å². The molecule has 1 atom stereocenters. The van der Waals surface area contributed by atoms with E-state index in [-0.39, 0.29) is 6.10 Å². The second-order valence-corrected chi connectivity index (χ2v) is 7.86. The van der Waals surface area contributed by atoms with Crippen LogP contribution in [0.25, 0.3) is 5.53 Å². The molecule has 0 N–H and O–H groups in total. The summed E-state index contributed by atoms with van der Waals surface area (Å²) in [5.41, 5.74) is 9.52. The first-order valence-electron chi connectivity index (χ1n) is 11.6. The average molecular weight is 375 g/mol. The van der Waals surface area contributed by atoms with Crippen LogP contribution >= 0.6 is 0 Å². The van der Waals surface area contributed by atoms with Gasteiger partial charge in [0.05, 0.1) is 0 Å². The molecule has 0 saturated heterocycles. The van der Waals surface area contributed by atoms with Gasteiger partial charge in [-0.2, -0.15) is 4.79 Å². The predicted molar refractivity (Wildman–Crippen MR) is 116 cm³/mol. The minimum atomic E-state index is -0.184. The monoisotopic (exact) mass is 374 g/mol. The molecular formula is C24H42N2O. The Morgan fingerprint density at radius 2 is 1.22 bits per heavy atom. The van der Waals surface area contributed by atoms with Crippen LogP contribution in [0, 0.1) is 0 Å². The summed E-state index contributed by atoms with van der Waals surface area (Å²) in [5, 5.41) is 0. The Kier molecular flexibility index (Phi) is 16.1. The zero-order chi connectivity index (χ0) is 19.4. The third kappa shape index (κ3) is 13.6. The number of hydrogen-bond acceptors (Lipinski definition) is 1. The highest BCUT2D eigenvalue weighted by Crippen LogP contribution is 2.14. The molecule has 0 spiro atoms. The number of unbranched alkanes of at least 4 members (excludes halogenated alkanes) is 15. The van der Waals surface area contributed by atoms with Crippen LogP contribution in [-0.2, 0) is 4.74 Å². The second-order valence-electron chi connectivity index (χ2n) is 7.86. The molecule has 0 saturated carbocycles. The van der Waals surface area contributed by atoms with Crippen molar-refractivity contribution in [1.29, 1.82) is 0 Å². The Labute approximate surface area is 167 Å². The average Bonchev–Trinajstić information content (AvgIpc) is 2.70. The lowest BCUT2D eigenvalue weighted by atomic mass is 10.0. The molecule has 27 heavy (non-hydrogen) atoms. The van der Waals surface area contributed by atoms with Crippen molar-refractivity contribution >= 4 is 5.71 Å². The fraction of sp³-hybridized carbons (Fsp3) is 0.792. The van der Waals surface area contributed by atoms with Crippen molar-refractivity contribution in [2.45, 2.75) is 116 Å². The fourth-order valence-electron chi connectivity index (χ4n) is 3.60. The van der Waals surface area contributed by atoms with Crippen LogP contribution in [0.3, 0.4) is 0 Å². The van der Waals surface area contributed by atoms with E-state index in [9.17, 15) is 0 Å². The topological polar surface area (TPSA) is 45.6 Å². The Balaban J connectivity index is 1.76. The van der Waals surface area contributed by atoms with Crippen LogP contribution in [0.2, 0.25) is 0 Å². The molecule has 1 unspecified atom stereocenters. The lowest BCUT2D eigenvalue weighted by Crippen LogP contribution is -2.23. The molecule has 3 nitrogen and oxygen atoms in total. The number of ether oxygens (including phenoxy) is 1. The Bertz CT molecular complexity index is 449. The molecule has 0 fully saturated rings. The van der Waals surface area contributed by atoms with Crippen molar-refractivity contribution < 1.29 is 9.53 Å². The highest BCUT2D eigenvalue weighted by molar-refractivity contribution is 5.96. The summed E-state index contributed by atoms with van der Waals surface area (Å²) in [7, 11) is 0. The van der Waals surface area contributed by atoms with Crippen LogP contribution in [0.1, 0.15) is 110 Å². The molecule has 1 aliphatic rings. The van der Waals surface area contributed by atoms with E-state index in [0.29, 0.717) is 5.71 Å². The van der Waals surface area contributed by atoms with Crippen molar-refractivity contribution in [3.05, 3.63) is 29.8 Å². The van der Waals surface area contributed by atoms with Crippen LogP contribution in [-0.4, -0.2) is 23.2 Å². The van der Waals surface area contributed by atoms with Crippen LogP contribution in [0.4, 0.5) is 0 Å². The minimum Gasteiger partial charge on any atom is -0.362 e. The highest BCUT2D eigenvalue weighted by atomic mass is 16.5. The van der Waals surface area contributed by atoms with E-state index in [2.05, 4.69) is 11.7 Å². The quantitative estimate of drug-likeness (QED) is 0.140. The van der Waals surface area contributed by atoms with Crippen molar-refractivity contribution in [2.24, 2.45) is 0 Å². The van der Waals surface area contributed by atoms with Gasteiger partial charge in [-0.3, -0.25) is 0 Å². The van der Waals surface area contributed by atoms with Crippen molar-refractivity contribution in [1.82, 2.24) is 0 Å². The van der Waals surface area contributed by atoms with Gasteiger partial charge in [0.25, 0.3) is 0 Å². The van der Waals surface area contributed by atoms with Gasteiger partial charge in [-0.1, -0.05) is 115 Å². The number of rotatable bonds is 18. The van der Waals surface area contributed by atoms with Crippen molar-refractivity contribution in [3.8, 4) is 0 Å². The first-order chi connectivity index (χ1) is 13.4. The molecule has 0 aromatic heterocycles. The van der Waals surface area contributed by atoms with E-state index in [0.717, 1.165) is 13.0 Å². The molecule has 1 aliphatic carbocycles. The van der Waals surface area contributed by atoms with Gasteiger partial charge in [-0.05, 0) is 12.5 Å². The van der Waals surface area contributed by atoms with E-state index >= 15 is 0 Å². The SMILES string of the molecule is CCCCCCCCCCCCCCCCCCOC1C=CC=CC1=[N+]=[N-]. The molecule has 0 amide bonds. The van der Waals surface area contributed by atoms with E-state index in [1.807, 2.05) is 18.2 Å². The smallest absolute Gasteiger partial charge is 0.324 e. The zero-order valence-corrected chi connectivity index (χ0v) is 17.7. The summed E-state index contributed by atoms with van der Waals surface area (Å²) in [6.07, 6.45) is 29.4. The molecule has 3 heteroatoms. The molecular weight excluding hydrogens is 332 g/mol. The first kappa shape index (κ1) is 23.9. The van der Waals surface area contributed by atoms with Crippen molar-refractivity contribution in [3.63, 3.8) is 0 Å². The third-order valence-electron chi connectivity index (χ3n) is 5.37. The molecule has 0 bridgehead atoms. The van der Waals surface area contributed by atoms with Gasteiger partial charge in [0, 0.05) is 12.7 Å². The largest absolute Gasteiger partial charge is 0.362 e. The van der Waals surface area contributed by atoms with E-state index in [1.54, 1.807) is 6.08 Å². The zero-order valence-electron chi connectivity index (χ0n) is 17.7. The lowest BCUT2D eigenvalue weighted by Gasteiger charge is -2.10. The van der Waals surface area contributed by atoms with Crippen molar-refractivity contribution in [2.75, 3.05) is 6.61 Å². The maximum atomic E-state index is 8.93. The second kappa shape index (κ2) is 18.2. The summed E-state index contributed by atoms with van der Waals surface area (Å²) in [4.78, 5) is 3.28. The summed E-state index contributed by atoms with van der Waals surface area (Å²) in [5.74, 6) is 0. The predicted octanol–water partition coefficient (Wildman–Crippen LogP) is 7.43. The maximum absolute atomic E-state index is 8.93. The standard InChI is InChI=1S/C24H42N2O/c1-2-3-4-5-6-7-8-9-10-11-12-13-14-15-16-19-22-27-24-21-18-17-20-23(24)26-25/h17-18,20-21,24H,2-16,19,22H2,1H3. The van der Waals surface area contributed by atoms with Gasteiger partial charge in [0.2, 0.25) is 0 Å². The number of nitrogens with zero attached hydrogens (tertiary/aromatic N) is 2. The normalized spacial score (nSPS) is 16.0. The van der Waals surface area contributed by atoms with E-state index in [1.165, 1.54) is 96.3 Å². The molecule has 0 radical (unpaired) electrons. The first-order valence-corrected chi connectivity index (χ1v) is 11.6. The van der Waals surface area contributed by atoms with Crippen LogP contribution in [0.5, 0.6) is 0 Å². The summed E-state index contributed by atoms with van der Waals surface area (Å²) < 4.78 is 5.78. The molecule has 154 valence electrons. The third-order valence-corrected chi connectivity index (χ3v) is 5.37. The van der Waals surface area contributed by atoms with E-state index in [4.69, 9.17) is 10.3 Å². The molecule has 0 aromatic carbocycles. The summed E-state index contributed by atoms with van der Waals surface area (Å²) in [6, 6.07) is 0. The van der Waals surface area contributed by atoms with Crippen LogP contribution in [0.15, 0.2) is 24.3 Å². The minimum absolute atomic E-state index is 0.184. The maximum Gasteiger partial charge on any atom is 0.324 e. The Morgan fingerprint density at radius 1 is 0.741 bits per heavy atom. The molecule has 0 aromatic rings. The highest BCUT2D eigenvalue weighted by Gasteiger charge is 2.20. The molecule has 0 aliphatic heterocycles. The van der Waals surface area contributed by atoms with Gasteiger partial charge in [0.1, 0.15) is 0 Å². The Morgan fingerprint density at radius 3 is 1.70 bits per heavy atom. The summed E-state index contributed by atoms with van der Waals surface area (Å²) >= 11 is 0. The molecule has 1 rings (SSSR count). The molecule has 0 heterocycles. The number of allylic oxidation sites excluding steroid dienone is 2. The summed E-state index contributed by atoms with van der Waals surface area (Å²) in [6.45, 7) is 3.02. The van der Waals surface area contributed by atoms with Gasteiger partial charge in [-0.15, -0.1) is 0 Å². The Hall–Kier alpha value is -1.18.